The van der Waals surface area contributed by atoms with Crippen molar-refractivity contribution in [1.29, 1.82) is 0 Å². The average Bonchev–Trinajstić information content (AvgIpc) is 3.14. The van der Waals surface area contributed by atoms with Gasteiger partial charge in [-0.3, -0.25) is 14.8 Å². The maximum Gasteiger partial charge on any atom is 0.343 e. The van der Waals surface area contributed by atoms with E-state index < -0.39 is 0 Å². The van der Waals surface area contributed by atoms with E-state index in [0.717, 1.165) is 38.4 Å². The molecule has 2 aromatic heterocycles. The predicted octanol–water partition coefficient (Wildman–Crippen LogP) is -0.0674. The number of hydrogen-bond acceptors (Lipinski definition) is 7. The van der Waals surface area contributed by atoms with Gasteiger partial charge in [0, 0.05) is 39.6 Å². The third-order valence-electron chi connectivity index (χ3n) is 4.30. The summed E-state index contributed by atoms with van der Waals surface area (Å²) >= 11 is 0. The zero-order chi connectivity index (χ0) is 16.4. The molecule has 1 atom stereocenters. The fourth-order valence-electron chi connectivity index (χ4n) is 2.78. The minimum Gasteiger partial charge on any atom is -0.338 e. The number of aromatic amines is 1. The summed E-state index contributed by atoms with van der Waals surface area (Å²) in [7, 11) is 1.65. The molecule has 126 valence electrons. The number of nitrogens with one attached hydrogen (secondary N) is 1. The van der Waals surface area contributed by atoms with Gasteiger partial charge in [0.2, 0.25) is 5.89 Å². The first-order valence-corrected chi connectivity index (χ1v) is 7.98. The molecule has 1 aliphatic heterocycles. The zero-order valence-electron chi connectivity index (χ0n) is 13.8. The fraction of sp³-hybridized carbons (Fsp3) is 0.714. The molecule has 0 spiro atoms. The summed E-state index contributed by atoms with van der Waals surface area (Å²) in [5.74, 6) is 2.15. The Morgan fingerprint density at radius 1 is 1.30 bits per heavy atom. The summed E-state index contributed by atoms with van der Waals surface area (Å²) in [6, 6.07) is 0.125. The maximum absolute atomic E-state index is 11.4. The highest BCUT2D eigenvalue weighted by atomic mass is 16.5. The molecule has 3 rings (SSSR count). The monoisotopic (exact) mass is 321 g/mol. The van der Waals surface area contributed by atoms with E-state index in [1.54, 1.807) is 7.05 Å². The molecule has 0 aromatic carbocycles. The molecule has 0 bridgehead atoms. The third-order valence-corrected chi connectivity index (χ3v) is 4.30. The molecule has 3 heterocycles. The first-order chi connectivity index (χ1) is 11.1. The fourth-order valence-corrected chi connectivity index (χ4v) is 2.78. The second-order valence-electron chi connectivity index (χ2n) is 5.89. The zero-order valence-corrected chi connectivity index (χ0v) is 13.8. The van der Waals surface area contributed by atoms with E-state index in [2.05, 4.69) is 36.9 Å². The average molecular weight is 321 g/mol. The molecular weight excluding hydrogens is 298 g/mol. The van der Waals surface area contributed by atoms with Gasteiger partial charge >= 0.3 is 5.69 Å². The molecule has 9 heteroatoms. The lowest BCUT2D eigenvalue weighted by Gasteiger charge is -2.36. The highest BCUT2D eigenvalue weighted by Gasteiger charge is 2.26. The number of rotatable bonds is 5. The van der Waals surface area contributed by atoms with E-state index >= 15 is 0 Å². The number of aryl methyl sites for hydroxylation is 2. The van der Waals surface area contributed by atoms with Crippen molar-refractivity contribution in [3.8, 4) is 0 Å². The molecule has 9 nitrogen and oxygen atoms in total. The van der Waals surface area contributed by atoms with Crippen LogP contribution in [0.1, 0.15) is 37.4 Å². The number of nitrogens with zero attached hydrogens (tertiary/aromatic N) is 6. The second-order valence-corrected chi connectivity index (χ2v) is 5.89. The predicted molar refractivity (Wildman–Crippen MR) is 82.8 cm³/mol. The van der Waals surface area contributed by atoms with Crippen molar-refractivity contribution < 1.29 is 4.52 Å². The molecule has 0 radical (unpaired) electrons. The largest absolute Gasteiger partial charge is 0.343 e. The van der Waals surface area contributed by atoms with Crippen LogP contribution in [0.2, 0.25) is 0 Å². The lowest BCUT2D eigenvalue weighted by molar-refractivity contribution is 0.0831. The normalized spacial score (nSPS) is 18.4. The number of aromatic nitrogens is 5. The Bertz CT molecular complexity index is 696. The van der Waals surface area contributed by atoms with E-state index in [4.69, 9.17) is 4.52 Å². The van der Waals surface area contributed by atoms with Crippen LogP contribution in [-0.2, 0) is 20.0 Å². The van der Waals surface area contributed by atoms with Gasteiger partial charge in [0.1, 0.15) is 5.82 Å². The van der Waals surface area contributed by atoms with E-state index in [1.807, 2.05) is 6.92 Å². The SMILES string of the molecule is CCc1noc(C(C)N2CCN(Cc3nn(C)c(=O)[nH]3)CC2)n1. The standard InChI is InChI=1S/C14H23N7O2/c1-4-11-15-13(23-18-11)10(2)21-7-5-20(6-8-21)9-12-16-14(22)19(3)17-12/h10H,4-9H2,1-3H3,(H,16,17,22). The van der Waals surface area contributed by atoms with Crippen LogP contribution in [0.3, 0.4) is 0 Å². The summed E-state index contributed by atoms with van der Waals surface area (Å²) in [5, 5.41) is 8.14. The Kier molecular flexibility index (Phi) is 4.58. The van der Waals surface area contributed by atoms with Crippen LogP contribution in [0.15, 0.2) is 9.32 Å². The van der Waals surface area contributed by atoms with Gasteiger partial charge in [0.15, 0.2) is 5.82 Å². The number of piperazine rings is 1. The van der Waals surface area contributed by atoms with Crippen molar-refractivity contribution >= 4 is 0 Å². The Labute approximate surface area is 134 Å². The molecule has 0 amide bonds. The molecular formula is C14H23N7O2. The minimum absolute atomic E-state index is 0.125. The van der Waals surface area contributed by atoms with Gasteiger partial charge in [-0.15, -0.1) is 0 Å². The Morgan fingerprint density at radius 3 is 2.61 bits per heavy atom. The van der Waals surface area contributed by atoms with Gasteiger partial charge < -0.3 is 4.52 Å². The van der Waals surface area contributed by atoms with Crippen LogP contribution in [0.25, 0.3) is 0 Å². The molecule has 1 fully saturated rings. The lowest BCUT2D eigenvalue weighted by atomic mass is 10.2. The van der Waals surface area contributed by atoms with Crippen LogP contribution in [0.4, 0.5) is 0 Å². The summed E-state index contributed by atoms with van der Waals surface area (Å²) in [4.78, 5) is 23.2. The van der Waals surface area contributed by atoms with Crippen LogP contribution in [-0.4, -0.2) is 60.9 Å². The maximum atomic E-state index is 11.4. The molecule has 1 N–H and O–H groups in total. The number of H-pyrrole nitrogens is 1. The lowest BCUT2D eigenvalue weighted by Crippen LogP contribution is -2.46. The third kappa shape index (κ3) is 3.50. The van der Waals surface area contributed by atoms with Gasteiger partial charge in [-0.1, -0.05) is 12.1 Å². The molecule has 2 aromatic rings. The topological polar surface area (TPSA) is 96.1 Å². The highest BCUT2D eigenvalue weighted by Crippen LogP contribution is 2.20. The quantitative estimate of drug-likeness (QED) is 0.823. The summed E-state index contributed by atoms with van der Waals surface area (Å²) in [6.07, 6.45) is 0.784. The first-order valence-electron chi connectivity index (χ1n) is 7.98. The van der Waals surface area contributed by atoms with Crippen LogP contribution < -0.4 is 5.69 Å². The van der Waals surface area contributed by atoms with Crippen molar-refractivity contribution in [2.24, 2.45) is 7.05 Å². The van der Waals surface area contributed by atoms with Crippen molar-refractivity contribution in [3.05, 3.63) is 28.0 Å². The highest BCUT2D eigenvalue weighted by molar-refractivity contribution is 4.93. The molecule has 23 heavy (non-hydrogen) atoms. The molecule has 0 saturated carbocycles. The Hall–Kier alpha value is -2.00. The molecule has 1 aliphatic rings. The first kappa shape index (κ1) is 15.9. The van der Waals surface area contributed by atoms with Crippen molar-refractivity contribution in [3.63, 3.8) is 0 Å². The number of hydrogen-bond donors (Lipinski definition) is 1. The Morgan fingerprint density at radius 2 is 2.04 bits per heavy atom. The van der Waals surface area contributed by atoms with E-state index in [9.17, 15) is 4.79 Å². The van der Waals surface area contributed by atoms with E-state index in [1.165, 1.54) is 4.68 Å². The van der Waals surface area contributed by atoms with Gasteiger partial charge in [-0.2, -0.15) is 10.1 Å². The van der Waals surface area contributed by atoms with Crippen LogP contribution in [0.5, 0.6) is 0 Å². The van der Waals surface area contributed by atoms with Crippen molar-refractivity contribution in [1.82, 2.24) is 34.7 Å². The van der Waals surface area contributed by atoms with Gasteiger partial charge in [0.25, 0.3) is 0 Å². The second kappa shape index (κ2) is 6.63. The van der Waals surface area contributed by atoms with Crippen LogP contribution in [0, 0.1) is 0 Å². The summed E-state index contributed by atoms with van der Waals surface area (Å²) in [5.41, 5.74) is -0.171. The molecule has 1 saturated heterocycles. The van der Waals surface area contributed by atoms with Gasteiger partial charge in [-0.25, -0.2) is 9.48 Å². The van der Waals surface area contributed by atoms with E-state index in [-0.39, 0.29) is 11.7 Å². The van der Waals surface area contributed by atoms with Crippen molar-refractivity contribution in [2.45, 2.75) is 32.9 Å². The van der Waals surface area contributed by atoms with E-state index in [0.29, 0.717) is 18.3 Å². The smallest absolute Gasteiger partial charge is 0.338 e. The molecule has 0 aliphatic carbocycles. The minimum atomic E-state index is -0.171. The summed E-state index contributed by atoms with van der Waals surface area (Å²) in [6.45, 7) is 8.44. The van der Waals surface area contributed by atoms with Crippen molar-refractivity contribution in [2.75, 3.05) is 26.2 Å². The van der Waals surface area contributed by atoms with Crippen LogP contribution >= 0.6 is 0 Å². The molecule has 1 unspecified atom stereocenters. The summed E-state index contributed by atoms with van der Waals surface area (Å²) < 4.78 is 6.67. The Balaban J connectivity index is 1.54. The van der Waals surface area contributed by atoms with Gasteiger partial charge in [0.05, 0.1) is 12.6 Å². The van der Waals surface area contributed by atoms with Gasteiger partial charge in [-0.05, 0) is 6.92 Å².